The molecule has 0 atom stereocenters. The van der Waals surface area contributed by atoms with Crippen LogP contribution in [0, 0.1) is 0 Å². The number of nitrogens with zero attached hydrogens (tertiary/aromatic N) is 4. The van der Waals surface area contributed by atoms with Crippen LogP contribution in [0.1, 0.15) is 5.82 Å². The summed E-state index contributed by atoms with van der Waals surface area (Å²) in [6.45, 7) is 0.0448. The minimum absolute atomic E-state index is 0.0448. The van der Waals surface area contributed by atoms with Gasteiger partial charge in [-0.15, -0.1) is 11.8 Å². The zero-order chi connectivity index (χ0) is 17.2. The highest BCUT2D eigenvalue weighted by Gasteiger charge is 2.19. The van der Waals surface area contributed by atoms with Crippen LogP contribution in [0.5, 0.6) is 0 Å². The summed E-state index contributed by atoms with van der Waals surface area (Å²) in [5.74, 6) is 0.742. The van der Waals surface area contributed by atoms with Gasteiger partial charge in [0, 0.05) is 12.0 Å². The number of H-pyrrole nitrogens is 1. The van der Waals surface area contributed by atoms with Crippen LogP contribution in [0.4, 0.5) is 0 Å². The second-order valence-electron chi connectivity index (χ2n) is 5.30. The van der Waals surface area contributed by atoms with E-state index in [1.165, 1.54) is 11.3 Å². The van der Waals surface area contributed by atoms with Gasteiger partial charge in [0.15, 0.2) is 0 Å². The number of benzene rings is 1. The lowest BCUT2D eigenvalue weighted by Crippen LogP contribution is -1.92. The molecule has 0 saturated carbocycles. The number of aromatic amines is 1. The van der Waals surface area contributed by atoms with Crippen LogP contribution in [0.3, 0.4) is 0 Å². The van der Waals surface area contributed by atoms with Crippen molar-refractivity contribution in [1.29, 1.82) is 0 Å². The van der Waals surface area contributed by atoms with Gasteiger partial charge in [0.05, 0.1) is 12.3 Å². The number of thioether (sulfide) groups is 1. The van der Waals surface area contributed by atoms with Crippen LogP contribution in [0.15, 0.2) is 41.7 Å². The number of aromatic nitrogens is 5. The van der Waals surface area contributed by atoms with Crippen molar-refractivity contribution in [1.82, 2.24) is 24.9 Å². The first-order chi connectivity index (χ1) is 12.3. The highest BCUT2D eigenvalue weighted by atomic mass is 32.2. The molecule has 0 unspecified atom stereocenters. The van der Waals surface area contributed by atoms with Gasteiger partial charge in [-0.3, -0.25) is 0 Å². The summed E-state index contributed by atoms with van der Waals surface area (Å²) in [5.41, 5.74) is 3.51. The number of aliphatic hydroxyl groups is 1. The van der Waals surface area contributed by atoms with Gasteiger partial charge in [-0.1, -0.05) is 41.7 Å². The van der Waals surface area contributed by atoms with E-state index in [2.05, 4.69) is 19.9 Å². The third-order valence-corrected chi connectivity index (χ3v) is 5.38. The third-order valence-electron chi connectivity index (χ3n) is 3.72. The van der Waals surface area contributed by atoms with Gasteiger partial charge in [0.1, 0.15) is 38.2 Å². The van der Waals surface area contributed by atoms with Crippen molar-refractivity contribution in [2.45, 2.75) is 11.4 Å². The summed E-state index contributed by atoms with van der Waals surface area (Å²) >= 11 is 3.07. The average molecular weight is 369 g/mol. The lowest BCUT2D eigenvalue weighted by molar-refractivity contribution is 0.297. The molecule has 0 aliphatic rings. The van der Waals surface area contributed by atoms with Gasteiger partial charge in [-0.2, -0.15) is 0 Å². The molecule has 0 fully saturated rings. The summed E-state index contributed by atoms with van der Waals surface area (Å²) in [6, 6.07) is 9.97. The van der Waals surface area contributed by atoms with Crippen LogP contribution < -0.4 is 0 Å². The second-order valence-corrected chi connectivity index (χ2v) is 7.07. The number of hydrogen-bond acceptors (Lipinski definition) is 7. The van der Waals surface area contributed by atoms with Crippen molar-refractivity contribution in [3.63, 3.8) is 0 Å². The number of aliphatic hydroxyl groups excluding tert-OH is 1. The first-order valence-electron chi connectivity index (χ1n) is 7.71. The summed E-state index contributed by atoms with van der Waals surface area (Å²) < 4.78 is 0. The van der Waals surface area contributed by atoms with E-state index in [9.17, 15) is 5.11 Å². The molecule has 25 heavy (non-hydrogen) atoms. The molecule has 0 radical (unpaired) electrons. The molecule has 4 aromatic rings. The molecule has 3 aromatic heterocycles. The Labute approximate surface area is 152 Å². The Kier molecular flexibility index (Phi) is 4.48. The molecule has 2 N–H and O–H groups in total. The molecule has 6 nitrogen and oxygen atoms in total. The van der Waals surface area contributed by atoms with E-state index in [0.717, 1.165) is 43.2 Å². The fraction of sp³-hybridized carbons (Fsp3) is 0.176. The minimum Gasteiger partial charge on any atom is -0.396 e. The summed E-state index contributed by atoms with van der Waals surface area (Å²) in [5, 5.41) is 10.9. The Balaban J connectivity index is 1.90. The normalized spacial score (nSPS) is 11.3. The lowest BCUT2D eigenvalue weighted by atomic mass is 10.1. The number of imidazole rings is 1. The van der Waals surface area contributed by atoms with Crippen molar-refractivity contribution in [3.05, 3.63) is 42.5 Å². The average Bonchev–Trinajstić information content (AvgIpc) is 3.26. The highest BCUT2D eigenvalue weighted by Crippen LogP contribution is 2.36. The first-order valence-corrected chi connectivity index (χ1v) is 9.75. The van der Waals surface area contributed by atoms with Crippen molar-refractivity contribution >= 4 is 33.4 Å². The van der Waals surface area contributed by atoms with Gasteiger partial charge in [-0.05, 0) is 6.26 Å². The molecule has 0 bridgehead atoms. The first kappa shape index (κ1) is 16.2. The Bertz CT molecular complexity index is 1010. The Hall–Kier alpha value is -2.29. The number of thiazole rings is 1. The molecule has 0 spiro atoms. The standard InChI is InChI=1S/C17H15N5OS2/c1-24-15-14-16(19-9-18-15)25-17(22-14)13-12(10-5-3-2-4-6-10)20-11(21-13)7-8-23/h2-6,9,23H,7-8H2,1H3,(H,20,21). The van der Waals surface area contributed by atoms with Crippen LogP contribution in [0.25, 0.3) is 32.3 Å². The van der Waals surface area contributed by atoms with E-state index in [4.69, 9.17) is 4.98 Å². The molecule has 0 saturated heterocycles. The van der Waals surface area contributed by atoms with Crippen LogP contribution >= 0.6 is 23.1 Å². The van der Waals surface area contributed by atoms with E-state index in [1.807, 2.05) is 36.6 Å². The van der Waals surface area contributed by atoms with E-state index in [0.29, 0.717) is 6.42 Å². The fourth-order valence-corrected chi connectivity index (χ4v) is 4.06. The van der Waals surface area contributed by atoms with E-state index >= 15 is 0 Å². The number of fused-ring (bicyclic) bond motifs is 1. The zero-order valence-electron chi connectivity index (χ0n) is 13.4. The maximum Gasteiger partial charge on any atom is 0.148 e. The van der Waals surface area contributed by atoms with Gasteiger partial charge < -0.3 is 10.1 Å². The Morgan fingerprint density at radius 3 is 2.76 bits per heavy atom. The molecular formula is C17H15N5OS2. The summed E-state index contributed by atoms with van der Waals surface area (Å²) in [7, 11) is 0. The van der Waals surface area contributed by atoms with E-state index in [-0.39, 0.29) is 6.61 Å². The quantitative estimate of drug-likeness (QED) is 0.414. The molecule has 126 valence electrons. The van der Waals surface area contributed by atoms with Crippen LogP contribution in [-0.2, 0) is 6.42 Å². The topological polar surface area (TPSA) is 87.6 Å². The van der Waals surface area contributed by atoms with Crippen molar-refractivity contribution < 1.29 is 5.11 Å². The Morgan fingerprint density at radius 1 is 1.16 bits per heavy atom. The largest absolute Gasteiger partial charge is 0.396 e. The third kappa shape index (κ3) is 3.04. The molecule has 0 aliphatic carbocycles. The summed E-state index contributed by atoms with van der Waals surface area (Å²) in [4.78, 5) is 22.2. The van der Waals surface area contributed by atoms with Crippen molar-refractivity contribution in [2.24, 2.45) is 0 Å². The number of nitrogens with one attached hydrogen (secondary N) is 1. The van der Waals surface area contributed by atoms with Gasteiger partial charge in [-0.25, -0.2) is 19.9 Å². The number of hydrogen-bond donors (Lipinski definition) is 2. The van der Waals surface area contributed by atoms with E-state index < -0.39 is 0 Å². The molecule has 1 aromatic carbocycles. The maximum atomic E-state index is 9.25. The monoisotopic (exact) mass is 369 g/mol. The molecule has 0 amide bonds. The minimum atomic E-state index is 0.0448. The maximum absolute atomic E-state index is 9.25. The van der Waals surface area contributed by atoms with Crippen LogP contribution in [-0.4, -0.2) is 42.9 Å². The predicted molar refractivity (Wildman–Crippen MR) is 101 cm³/mol. The fourth-order valence-electron chi connectivity index (χ4n) is 2.60. The van der Waals surface area contributed by atoms with Gasteiger partial charge in [0.25, 0.3) is 0 Å². The van der Waals surface area contributed by atoms with Crippen molar-refractivity contribution in [2.75, 3.05) is 12.9 Å². The molecule has 0 aliphatic heterocycles. The predicted octanol–water partition coefficient (Wildman–Crippen LogP) is 3.40. The Morgan fingerprint density at radius 2 is 2.00 bits per heavy atom. The van der Waals surface area contributed by atoms with Gasteiger partial charge >= 0.3 is 0 Å². The second kappa shape index (κ2) is 6.91. The SMILES string of the molecule is CSc1ncnc2sc(-c3[nH]c(CCO)nc3-c3ccccc3)nc12. The number of rotatable bonds is 5. The molecule has 8 heteroatoms. The molecule has 4 rings (SSSR count). The highest BCUT2D eigenvalue weighted by molar-refractivity contribution is 7.98. The molecule has 3 heterocycles. The summed E-state index contributed by atoms with van der Waals surface area (Å²) in [6.07, 6.45) is 4.02. The van der Waals surface area contributed by atoms with E-state index in [1.54, 1.807) is 18.1 Å². The molecular weight excluding hydrogens is 354 g/mol. The van der Waals surface area contributed by atoms with Gasteiger partial charge in [0.2, 0.25) is 0 Å². The smallest absolute Gasteiger partial charge is 0.148 e. The van der Waals surface area contributed by atoms with Crippen LogP contribution in [0.2, 0.25) is 0 Å². The van der Waals surface area contributed by atoms with Crippen molar-refractivity contribution in [3.8, 4) is 22.0 Å². The lowest BCUT2D eigenvalue weighted by Gasteiger charge is -1.99. The zero-order valence-corrected chi connectivity index (χ0v) is 15.1.